The van der Waals surface area contributed by atoms with Crippen molar-refractivity contribution < 1.29 is 4.74 Å². The molecule has 0 aliphatic rings. The summed E-state index contributed by atoms with van der Waals surface area (Å²) in [6.07, 6.45) is 0. The van der Waals surface area contributed by atoms with Gasteiger partial charge in [-0.05, 0) is 35.8 Å². The number of nitriles is 1. The van der Waals surface area contributed by atoms with E-state index >= 15 is 0 Å². The van der Waals surface area contributed by atoms with Crippen LogP contribution in [0.1, 0.15) is 5.56 Å². The second-order valence-corrected chi connectivity index (χ2v) is 4.27. The minimum Gasteiger partial charge on any atom is -0.497 e. The molecule has 0 aliphatic carbocycles. The van der Waals surface area contributed by atoms with Crippen LogP contribution in [0.25, 0.3) is 0 Å². The summed E-state index contributed by atoms with van der Waals surface area (Å²) in [6.45, 7) is 0. The molecule has 1 aromatic heterocycles. The summed E-state index contributed by atoms with van der Waals surface area (Å²) in [5.41, 5.74) is 1.22. The van der Waals surface area contributed by atoms with Gasteiger partial charge in [0.15, 0.2) is 5.15 Å². The SMILES string of the molecule is COc1ccc(Nc2snc(Cl)c2C#N)cc1. The Kier molecular flexibility index (Phi) is 3.47. The van der Waals surface area contributed by atoms with E-state index in [9.17, 15) is 0 Å². The molecular formula is C11H8ClN3OS. The maximum Gasteiger partial charge on any atom is 0.162 e. The van der Waals surface area contributed by atoms with Crippen molar-refractivity contribution in [2.45, 2.75) is 0 Å². The predicted molar refractivity (Wildman–Crippen MR) is 68.1 cm³/mol. The van der Waals surface area contributed by atoms with E-state index in [0.29, 0.717) is 10.6 Å². The van der Waals surface area contributed by atoms with Gasteiger partial charge in [0.2, 0.25) is 0 Å². The van der Waals surface area contributed by atoms with Crippen molar-refractivity contribution in [1.29, 1.82) is 5.26 Å². The Balaban J connectivity index is 2.23. The van der Waals surface area contributed by atoms with E-state index in [1.165, 1.54) is 0 Å². The monoisotopic (exact) mass is 265 g/mol. The Morgan fingerprint density at radius 2 is 2.12 bits per heavy atom. The molecule has 0 saturated heterocycles. The van der Waals surface area contributed by atoms with Gasteiger partial charge in [-0.25, -0.2) is 0 Å². The highest BCUT2D eigenvalue weighted by atomic mass is 35.5. The van der Waals surface area contributed by atoms with E-state index in [-0.39, 0.29) is 5.15 Å². The molecule has 86 valence electrons. The molecule has 0 saturated carbocycles. The molecule has 1 heterocycles. The molecule has 1 N–H and O–H groups in total. The molecule has 17 heavy (non-hydrogen) atoms. The minimum absolute atomic E-state index is 0.230. The number of ether oxygens (including phenoxy) is 1. The zero-order chi connectivity index (χ0) is 12.3. The summed E-state index contributed by atoms with van der Waals surface area (Å²) in [5.74, 6) is 0.776. The van der Waals surface area contributed by atoms with E-state index in [2.05, 4.69) is 9.69 Å². The molecule has 4 nitrogen and oxygen atoms in total. The molecule has 0 unspecified atom stereocenters. The molecule has 0 radical (unpaired) electrons. The molecule has 0 fully saturated rings. The maximum atomic E-state index is 8.92. The zero-order valence-corrected chi connectivity index (χ0v) is 10.5. The average Bonchev–Trinajstić information content (AvgIpc) is 2.71. The largest absolute Gasteiger partial charge is 0.497 e. The first-order valence-electron chi connectivity index (χ1n) is 4.71. The Hall–Kier alpha value is -1.77. The second kappa shape index (κ2) is 5.04. The van der Waals surface area contributed by atoms with E-state index in [1.54, 1.807) is 7.11 Å². The molecule has 2 rings (SSSR count). The Morgan fingerprint density at radius 1 is 1.41 bits per heavy atom. The van der Waals surface area contributed by atoms with Crippen LogP contribution in [0.15, 0.2) is 24.3 Å². The third-order valence-electron chi connectivity index (χ3n) is 2.11. The highest BCUT2D eigenvalue weighted by molar-refractivity contribution is 7.10. The molecule has 0 aliphatic heterocycles. The third kappa shape index (κ3) is 2.49. The lowest BCUT2D eigenvalue weighted by Gasteiger charge is -2.04. The number of benzene rings is 1. The smallest absolute Gasteiger partial charge is 0.162 e. The van der Waals surface area contributed by atoms with Gasteiger partial charge >= 0.3 is 0 Å². The van der Waals surface area contributed by atoms with E-state index < -0.39 is 0 Å². The van der Waals surface area contributed by atoms with Crippen LogP contribution in [-0.2, 0) is 0 Å². The number of methoxy groups -OCH3 is 1. The van der Waals surface area contributed by atoms with Gasteiger partial charge in [0, 0.05) is 5.69 Å². The van der Waals surface area contributed by atoms with Gasteiger partial charge in [0.25, 0.3) is 0 Å². The van der Waals surface area contributed by atoms with Gasteiger partial charge in [-0.15, -0.1) is 0 Å². The first kappa shape index (κ1) is 11.7. The predicted octanol–water partition coefficient (Wildman–Crippen LogP) is 3.42. The van der Waals surface area contributed by atoms with Gasteiger partial charge in [-0.3, -0.25) is 0 Å². The summed E-state index contributed by atoms with van der Waals surface area (Å²) in [7, 11) is 1.61. The molecule has 6 heteroatoms. The average molecular weight is 266 g/mol. The fourth-order valence-corrected chi connectivity index (χ4v) is 2.21. The molecular weight excluding hydrogens is 258 g/mol. The van der Waals surface area contributed by atoms with Crippen LogP contribution in [0.4, 0.5) is 10.7 Å². The van der Waals surface area contributed by atoms with E-state index in [4.69, 9.17) is 21.6 Å². The number of hydrogen-bond donors (Lipinski definition) is 1. The first-order valence-corrected chi connectivity index (χ1v) is 5.86. The Morgan fingerprint density at radius 3 is 2.71 bits per heavy atom. The van der Waals surface area contributed by atoms with Crippen LogP contribution < -0.4 is 10.1 Å². The Bertz CT molecular complexity index is 559. The van der Waals surface area contributed by atoms with Crippen molar-refractivity contribution >= 4 is 33.8 Å². The number of anilines is 2. The molecule has 0 spiro atoms. The fraction of sp³-hybridized carbons (Fsp3) is 0.0909. The Labute approximate surface area is 108 Å². The number of nitrogens with zero attached hydrogens (tertiary/aromatic N) is 2. The summed E-state index contributed by atoms with van der Waals surface area (Å²) in [4.78, 5) is 0. The fourth-order valence-electron chi connectivity index (χ4n) is 1.26. The lowest BCUT2D eigenvalue weighted by atomic mass is 10.3. The van der Waals surface area contributed by atoms with Crippen molar-refractivity contribution in [1.82, 2.24) is 4.37 Å². The van der Waals surface area contributed by atoms with E-state index in [0.717, 1.165) is 23.0 Å². The molecule has 1 aromatic carbocycles. The maximum absolute atomic E-state index is 8.92. The summed E-state index contributed by atoms with van der Waals surface area (Å²) in [5, 5.41) is 12.9. The summed E-state index contributed by atoms with van der Waals surface area (Å²) < 4.78 is 8.97. The van der Waals surface area contributed by atoms with E-state index in [1.807, 2.05) is 30.3 Å². The normalized spacial score (nSPS) is 9.71. The number of hydrogen-bond acceptors (Lipinski definition) is 5. The number of rotatable bonds is 3. The van der Waals surface area contributed by atoms with Crippen molar-refractivity contribution in [2.75, 3.05) is 12.4 Å². The minimum atomic E-state index is 0.230. The lowest BCUT2D eigenvalue weighted by molar-refractivity contribution is 0.415. The van der Waals surface area contributed by atoms with Gasteiger partial charge in [0.1, 0.15) is 22.4 Å². The van der Waals surface area contributed by atoms with Crippen molar-refractivity contribution in [3.8, 4) is 11.8 Å². The highest BCUT2D eigenvalue weighted by Crippen LogP contribution is 2.30. The van der Waals surface area contributed by atoms with Gasteiger partial charge in [0.05, 0.1) is 7.11 Å². The van der Waals surface area contributed by atoms with Crippen LogP contribution in [-0.4, -0.2) is 11.5 Å². The highest BCUT2D eigenvalue weighted by Gasteiger charge is 2.11. The van der Waals surface area contributed by atoms with Crippen molar-refractivity contribution in [3.63, 3.8) is 0 Å². The molecule has 0 amide bonds. The molecule has 0 atom stereocenters. The van der Waals surface area contributed by atoms with Gasteiger partial charge in [-0.1, -0.05) is 11.6 Å². The number of nitrogens with one attached hydrogen (secondary N) is 1. The third-order valence-corrected chi connectivity index (χ3v) is 3.25. The quantitative estimate of drug-likeness (QED) is 0.924. The summed E-state index contributed by atoms with van der Waals surface area (Å²) >= 11 is 6.93. The van der Waals surface area contributed by atoms with Crippen LogP contribution in [0.3, 0.4) is 0 Å². The van der Waals surface area contributed by atoms with Crippen LogP contribution >= 0.6 is 23.1 Å². The zero-order valence-electron chi connectivity index (χ0n) is 8.90. The lowest BCUT2D eigenvalue weighted by Crippen LogP contribution is -1.90. The topological polar surface area (TPSA) is 57.9 Å². The van der Waals surface area contributed by atoms with Crippen molar-refractivity contribution in [3.05, 3.63) is 35.0 Å². The van der Waals surface area contributed by atoms with Gasteiger partial charge in [-0.2, -0.15) is 9.64 Å². The summed E-state index contributed by atoms with van der Waals surface area (Å²) in [6, 6.07) is 9.39. The van der Waals surface area contributed by atoms with Crippen LogP contribution in [0.5, 0.6) is 5.75 Å². The second-order valence-electron chi connectivity index (χ2n) is 3.14. The first-order chi connectivity index (χ1) is 8.24. The van der Waals surface area contributed by atoms with Crippen molar-refractivity contribution in [2.24, 2.45) is 0 Å². The van der Waals surface area contributed by atoms with Crippen LogP contribution in [0, 0.1) is 11.3 Å². The number of halogens is 1. The number of aromatic nitrogens is 1. The van der Waals surface area contributed by atoms with Gasteiger partial charge < -0.3 is 10.1 Å². The standard InChI is InChI=1S/C11H8ClN3OS/c1-16-8-4-2-7(3-5-8)14-11-9(6-13)10(12)15-17-11/h2-5,14H,1H3. The molecule has 0 bridgehead atoms. The molecule has 2 aromatic rings. The van der Waals surface area contributed by atoms with Crippen LogP contribution in [0.2, 0.25) is 5.15 Å².